The lowest BCUT2D eigenvalue weighted by molar-refractivity contribution is -0.144. The summed E-state index contributed by atoms with van der Waals surface area (Å²) >= 11 is 6.57. The van der Waals surface area contributed by atoms with E-state index in [1.807, 2.05) is 25.4 Å². The quantitative estimate of drug-likeness (QED) is 0.321. The number of aryl methyl sites for hydroxylation is 2. The fourth-order valence-electron chi connectivity index (χ4n) is 4.20. The number of rotatable bonds is 8. The maximum atomic E-state index is 13.2. The maximum Gasteiger partial charge on any atom is 0.321 e. The van der Waals surface area contributed by atoms with E-state index in [1.165, 1.54) is 12.1 Å². The highest BCUT2D eigenvalue weighted by Crippen LogP contribution is 2.32. The number of ether oxygens (including phenoxy) is 1. The molecule has 0 radical (unpaired) electrons. The molecule has 0 saturated heterocycles. The minimum Gasteiger partial charge on any atom is -0.462 e. The molecule has 1 N–H and O–H groups in total. The van der Waals surface area contributed by atoms with E-state index in [0.717, 1.165) is 22.0 Å². The summed E-state index contributed by atoms with van der Waals surface area (Å²) in [6, 6.07) is 11.2. The highest BCUT2D eigenvalue weighted by atomic mass is 35.5. The van der Waals surface area contributed by atoms with Gasteiger partial charge in [0.15, 0.2) is 15.6 Å². The molecule has 0 fully saturated rings. The molecule has 2 heterocycles. The minimum absolute atomic E-state index is 0.00762. The van der Waals surface area contributed by atoms with Crippen LogP contribution in [0.3, 0.4) is 0 Å². The zero-order valence-electron chi connectivity index (χ0n) is 21.7. The topological polar surface area (TPSA) is 112 Å². The monoisotopic (exact) mass is 556 g/mol. The van der Waals surface area contributed by atoms with Gasteiger partial charge in [-0.15, -0.1) is 0 Å². The summed E-state index contributed by atoms with van der Waals surface area (Å²) in [6.45, 7) is 5.11. The molecule has 0 aliphatic carbocycles. The Morgan fingerprint density at radius 1 is 1.05 bits per heavy atom. The van der Waals surface area contributed by atoms with Crippen LogP contribution in [0, 0.1) is 0 Å². The third-order valence-electron chi connectivity index (χ3n) is 6.14. The van der Waals surface area contributed by atoms with E-state index in [-0.39, 0.29) is 10.8 Å². The first-order valence-electron chi connectivity index (χ1n) is 12.0. The van der Waals surface area contributed by atoms with Gasteiger partial charge in [0.2, 0.25) is 0 Å². The van der Waals surface area contributed by atoms with Crippen LogP contribution in [0.15, 0.2) is 59.8 Å². The Balaban J connectivity index is 1.51. The minimum atomic E-state index is -3.84. The van der Waals surface area contributed by atoms with Crippen LogP contribution in [-0.2, 0) is 33.5 Å². The predicted molar refractivity (Wildman–Crippen MR) is 146 cm³/mol. The molecule has 0 bridgehead atoms. The number of carbonyl (C=O) groups is 2. The van der Waals surface area contributed by atoms with Crippen molar-refractivity contribution in [2.45, 2.75) is 37.8 Å². The van der Waals surface area contributed by atoms with Gasteiger partial charge in [-0.25, -0.2) is 8.42 Å². The van der Waals surface area contributed by atoms with E-state index in [0.29, 0.717) is 16.3 Å². The maximum absolute atomic E-state index is 13.2. The number of fused-ring (bicyclic) bond motifs is 1. The molecule has 200 valence electrons. The van der Waals surface area contributed by atoms with Crippen LogP contribution in [0.5, 0.6) is 0 Å². The molecular formula is C27H29ClN4O5S. The first-order valence-corrected chi connectivity index (χ1v) is 14.0. The first kappa shape index (κ1) is 27.4. The number of aromatic nitrogens is 3. The van der Waals surface area contributed by atoms with Crippen LogP contribution in [0.4, 0.5) is 0 Å². The van der Waals surface area contributed by atoms with Crippen molar-refractivity contribution in [3.8, 4) is 11.1 Å². The number of amides is 1. The van der Waals surface area contributed by atoms with Crippen LogP contribution in [0.1, 0.15) is 42.9 Å². The van der Waals surface area contributed by atoms with Gasteiger partial charge in [0, 0.05) is 31.2 Å². The molecule has 1 amide bonds. The summed E-state index contributed by atoms with van der Waals surface area (Å²) < 4.78 is 33.5. The van der Waals surface area contributed by atoms with Crippen molar-refractivity contribution in [2.24, 2.45) is 14.1 Å². The van der Waals surface area contributed by atoms with Gasteiger partial charge in [0.25, 0.3) is 5.91 Å². The molecule has 0 aliphatic heterocycles. The van der Waals surface area contributed by atoms with Crippen molar-refractivity contribution in [1.82, 2.24) is 19.7 Å². The third-order valence-corrected chi connectivity index (χ3v) is 8.06. The van der Waals surface area contributed by atoms with E-state index >= 15 is 0 Å². The Hall–Kier alpha value is -3.63. The summed E-state index contributed by atoms with van der Waals surface area (Å²) in [5, 5.41) is 8.45. The number of sulfone groups is 1. The molecule has 2 aromatic heterocycles. The fourth-order valence-corrected chi connectivity index (χ4v) is 5.56. The lowest BCUT2D eigenvalue weighted by Crippen LogP contribution is -2.28. The number of esters is 1. The highest BCUT2D eigenvalue weighted by Gasteiger charge is 2.22. The van der Waals surface area contributed by atoms with Crippen molar-refractivity contribution >= 4 is 44.2 Å². The average molecular weight is 557 g/mol. The summed E-state index contributed by atoms with van der Waals surface area (Å²) in [5.74, 6) is -1.83. The SMILES string of the molecule is CC(C)OC(=O)CS(=O)(=O)c1ccc(C(C)NC(=O)c2cc3c(Cl)cc(-c4cnn(C)c4)cc3n2C)cc1. The molecule has 38 heavy (non-hydrogen) atoms. The number of nitrogens with zero attached hydrogens (tertiary/aromatic N) is 3. The van der Waals surface area contributed by atoms with Gasteiger partial charge >= 0.3 is 5.97 Å². The molecule has 4 rings (SSSR count). The normalized spacial score (nSPS) is 12.6. The van der Waals surface area contributed by atoms with Crippen LogP contribution in [0.25, 0.3) is 22.0 Å². The van der Waals surface area contributed by atoms with Gasteiger partial charge in [-0.3, -0.25) is 14.3 Å². The Labute approximate surface area is 226 Å². The Morgan fingerprint density at radius 3 is 2.34 bits per heavy atom. The van der Waals surface area contributed by atoms with Crippen LogP contribution >= 0.6 is 11.6 Å². The van der Waals surface area contributed by atoms with Gasteiger partial charge in [0.05, 0.1) is 33.8 Å². The van der Waals surface area contributed by atoms with E-state index in [1.54, 1.807) is 61.5 Å². The van der Waals surface area contributed by atoms with Crippen LogP contribution in [-0.4, -0.2) is 46.5 Å². The molecule has 9 nitrogen and oxygen atoms in total. The van der Waals surface area contributed by atoms with E-state index in [4.69, 9.17) is 16.3 Å². The van der Waals surface area contributed by atoms with Gasteiger partial charge in [-0.2, -0.15) is 5.10 Å². The smallest absolute Gasteiger partial charge is 0.321 e. The van der Waals surface area contributed by atoms with Crippen LogP contribution in [0.2, 0.25) is 5.02 Å². The van der Waals surface area contributed by atoms with E-state index < -0.39 is 33.7 Å². The Bertz CT molecular complexity index is 1620. The highest BCUT2D eigenvalue weighted by molar-refractivity contribution is 7.92. The second-order valence-electron chi connectivity index (χ2n) is 9.44. The molecule has 0 aliphatic rings. The number of hydrogen-bond acceptors (Lipinski definition) is 6. The van der Waals surface area contributed by atoms with Crippen molar-refractivity contribution < 1.29 is 22.7 Å². The standard InChI is InChI=1S/C27H29ClN4O5S/c1-16(2)37-26(33)15-38(35,36)21-8-6-18(7-9-21)17(3)30-27(34)25-12-22-23(28)10-19(11-24(22)32(25)5)20-13-29-31(4)14-20/h6-14,16-17H,15H2,1-5H3,(H,30,34). The molecular weight excluding hydrogens is 528 g/mol. The summed E-state index contributed by atoms with van der Waals surface area (Å²) in [7, 11) is -0.203. The van der Waals surface area contributed by atoms with Gasteiger partial charge < -0.3 is 14.6 Å². The number of halogens is 1. The van der Waals surface area contributed by atoms with Crippen molar-refractivity contribution in [3.63, 3.8) is 0 Å². The summed E-state index contributed by atoms with van der Waals surface area (Å²) in [5.41, 5.74) is 3.75. The molecule has 0 saturated carbocycles. The predicted octanol–water partition coefficient (Wildman–Crippen LogP) is 4.45. The summed E-state index contributed by atoms with van der Waals surface area (Å²) in [4.78, 5) is 25.0. The van der Waals surface area contributed by atoms with E-state index in [9.17, 15) is 18.0 Å². The zero-order valence-corrected chi connectivity index (χ0v) is 23.3. The second kappa shape index (κ2) is 10.6. The number of benzene rings is 2. The molecule has 1 unspecified atom stereocenters. The van der Waals surface area contributed by atoms with Crippen LogP contribution < -0.4 is 5.32 Å². The first-order chi connectivity index (χ1) is 17.9. The molecule has 1 atom stereocenters. The molecule has 4 aromatic rings. The van der Waals surface area contributed by atoms with Gasteiger partial charge in [0.1, 0.15) is 5.69 Å². The van der Waals surface area contributed by atoms with Crippen molar-refractivity contribution in [3.05, 3.63) is 71.1 Å². The van der Waals surface area contributed by atoms with Gasteiger partial charge in [-0.05, 0) is 62.2 Å². The van der Waals surface area contributed by atoms with Crippen molar-refractivity contribution in [1.29, 1.82) is 0 Å². The number of hydrogen-bond donors (Lipinski definition) is 1. The van der Waals surface area contributed by atoms with E-state index in [2.05, 4.69) is 10.4 Å². The number of carbonyl (C=O) groups excluding carboxylic acids is 2. The molecule has 0 spiro atoms. The lowest BCUT2D eigenvalue weighted by atomic mass is 10.1. The summed E-state index contributed by atoms with van der Waals surface area (Å²) in [6.07, 6.45) is 3.25. The number of nitrogens with one attached hydrogen (secondary N) is 1. The fraction of sp³-hybridized carbons (Fsp3) is 0.296. The Morgan fingerprint density at radius 2 is 1.74 bits per heavy atom. The third kappa shape index (κ3) is 5.76. The Kier molecular flexibility index (Phi) is 7.66. The van der Waals surface area contributed by atoms with Gasteiger partial charge in [-0.1, -0.05) is 23.7 Å². The molecule has 11 heteroatoms. The van der Waals surface area contributed by atoms with Crippen molar-refractivity contribution in [2.75, 3.05) is 5.75 Å². The molecule has 2 aromatic carbocycles. The lowest BCUT2D eigenvalue weighted by Gasteiger charge is -2.15. The second-order valence-corrected chi connectivity index (χ2v) is 11.8. The largest absolute Gasteiger partial charge is 0.462 e. The average Bonchev–Trinajstić information content (AvgIpc) is 3.42. The zero-order chi connectivity index (χ0) is 27.8.